The summed E-state index contributed by atoms with van der Waals surface area (Å²) >= 11 is 6.22. The molecule has 0 fully saturated rings. The van der Waals surface area contributed by atoms with E-state index >= 15 is 0 Å². The average Bonchev–Trinajstić information content (AvgIpc) is 2.36. The minimum atomic E-state index is -0.169. The quantitative estimate of drug-likeness (QED) is 0.788. The molecule has 1 aromatic carbocycles. The molecule has 0 aromatic heterocycles. The van der Waals surface area contributed by atoms with E-state index in [-0.39, 0.29) is 11.2 Å². The molecule has 0 radical (unpaired) electrons. The fraction of sp³-hybridized carbons (Fsp3) is 0.385. The largest absolute Gasteiger partial charge is 0.393 e. The molecule has 0 saturated carbocycles. The maximum atomic E-state index is 11.9. The summed E-state index contributed by atoms with van der Waals surface area (Å²) in [4.78, 5) is 12.3. The van der Waals surface area contributed by atoms with Gasteiger partial charge in [0.05, 0.1) is 10.2 Å². The Labute approximate surface area is 118 Å². The Hall–Kier alpha value is -1.07. The Kier molecular flexibility index (Phi) is 6.15. The fourth-order valence-corrected chi connectivity index (χ4v) is 2.18. The number of amides is 1. The lowest BCUT2D eigenvalue weighted by Gasteiger charge is -2.11. The van der Waals surface area contributed by atoms with E-state index in [0.717, 1.165) is 12.1 Å². The number of hydrogen-bond donors (Lipinski definition) is 2. The van der Waals surface area contributed by atoms with Gasteiger partial charge >= 0.3 is 0 Å². The van der Waals surface area contributed by atoms with Crippen molar-refractivity contribution in [1.82, 2.24) is 0 Å². The Bertz CT molecular complexity index is 418. The highest BCUT2D eigenvalue weighted by atomic mass is 32.2. The fourth-order valence-electron chi connectivity index (χ4n) is 1.35. The van der Waals surface area contributed by atoms with Crippen molar-refractivity contribution in [3.63, 3.8) is 0 Å². The van der Waals surface area contributed by atoms with Gasteiger partial charge in [-0.1, -0.05) is 31.3 Å². The first-order valence-electron chi connectivity index (χ1n) is 5.82. The SMILES string of the molecule is CCc1ccc(NC(=O)C(C)SCC(N)=S)cc1. The standard InChI is InChI=1S/C13H18N2OS2/c1-3-10-4-6-11(7-5-10)15-13(16)9(2)18-8-12(14)17/h4-7,9H,3,8H2,1-2H3,(H2,14,17)(H,15,16). The number of thioether (sulfide) groups is 1. The summed E-state index contributed by atoms with van der Waals surface area (Å²) in [5, 5.41) is 2.70. The van der Waals surface area contributed by atoms with Crippen molar-refractivity contribution in [3.8, 4) is 0 Å². The number of rotatable bonds is 6. The van der Waals surface area contributed by atoms with Crippen LogP contribution in [0.5, 0.6) is 0 Å². The average molecular weight is 282 g/mol. The van der Waals surface area contributed by atoms with Crippen LogP contribution in [0.3, 0.4) is 0 Å². The smallest absolute Gasteiger partial charge is 0.237 e. The van der Waals surface area contributed by atoms with E-state index < -0.39 is 0 Å². The second kappa shape index (κ2) is 7.38. The molecule has 1 unspecified atom stereocenters. The molecule has 1 amide bonds. The third-order valence-corrected chi connectivity index (χ3v) is 3.99. The van der Waals surface area contributed by atoms with Crippen molar-refractivity contribution in [3.05, 3.63) is 29.8 Å². The van der Waals surface area contributed by atoms with E-state index in [1.54, 1.807) is 0 Å². The van der Waals surface area contributed by atoms with E-state index in [1.807, 2.05) is 31.2 Å². The van der Waals surface area contributed by atoms with Crippen LogP contribution in [0.4, 0.5) is 5.69 Å². The lowest BCUT2D eigenvalue weighted by Crippen LogP contribution is -2.24. The van der Waals surface area contributed by atoms with Crippen LogP contribution in [0.1, 0.15) is 19.4 Å². The molecule has 5 heteroatoms. The van der Waals surface area contributed by atoms with E-state index in [9.17, 15) is 4.79 Å². The third-order valence-electron chi connectivity index (χ3n) is 2.47. The molecule has 1 aromatic rings. The van der Waals surface area contributed by atoms with Crippen LogP contribution in [0.2, 0.25) is 0 Å². The Morgan fingerprint density at radius 1 is 1.44 bits per heavy atom. The van der Waals surface area contributed by atoms with Gasteiger partial charge in [-0.25, -0.2) is 0 Å². The topological polar surface area (TPSA) is 55.1 Å². The molecular formula is C13H18N2OS2. The molecule has 0 aliphatic rings. The number of benzene rings is 1. The maximum Gasteiger partial charge on any atom is 0.237 e. The highest BCUT2D eigenvalue weighted by molar-refractivity contribution is 8.02. The van der Waals surface area contributed by atoms with Gasteiger partial charge in [0, 0.05) is 11.4 Å². The first-order valence-corrected chi connectivity index (χ1v) is 7.28. The summed E-state index contributed by atoms with van der Waals surface area (Å²) in [6, 6.07) is 7.87. The summed E-state index contributed by atoms with van der Waals surface area (Å²) in [7, 11) is 0. The van der Waals surface area contributed by atoms with Gasteiger partial charge in [-0.2, -0.15) is 0 Å². The summed E-state index contributed by atoms with van der Waals surface area (Å²) < 4.78 is 0. The van der Waals surface area contributed by atoms with Crippen LogP contribution >= 0.6 is 24.0 Å². The highest BCUT2D eigenvalue weighted by Crippen LogP contribution is 2.15. The molecule has 0 aliphatic carbocycles. The minimum Gasteiger partial charge on any atom is -0.393 e. The molecule has 0 aliphatic heterocycles. The Morgan fingerprint density at radius 2 is 2.06 bits per heavy atom. The minimum absolute atomic E-state index is 0.0273. The van der Waals surface area contributed by atoms with Crippen LogP contribution in [0.15, 0.2) is 24.3 Å². The summed E-state index contributed by atoms with van der Waals surface area (Å²) in [5.41, 5.74) is 7.48. The summed E-state index contributed by atoms with van der Waals surface area (Å²) in [6.45, 7) is 3.95. The number of nitrogens with two attached hydrogens (primary N) is 1. The molecule has 0 spiro atoms. The molecule has 98 valence electrons. The van der Waals surface area contributed by atoms with E-state index in [1.165, 1.54) is 17.3 Å². The van der Waals surface area contributed by atoms with Crippen molar-refractivity contribution in [2.24, 2.45) is 5.73 Å². The van der Waals surface area contributed by atoms with E-state index in [2.05, 4.69) is 12.2 Å². The third kappa shape index (κ3) is 5.06. The number of nitrogens with one attached hydrogen (secondary N) is 1. The highest BCUT2D eigenvalue weighted by Gasteiger charge is 2.13. The van der Waals surface area contributed by atoms with Crippen LogP contribution < -0.4 is 11.1 Å². The molecule has 3 N–H and O–H groups in total. The first kappa shape index (κ1) is 15.0. The monoisotopic (exact) mass is 282 g/mol. The van der Waals surface area contributed by atoms with Crippen LogP contribution in [0.25, 0.3) is 0 Å². The van der Waals surface area contributed by atoms with Crippen molar-refractivity contribution >= 4 is 40.6 Å². The summed E-state index contributed by atoms with van der Waals surface area (Å²) in [5.74, 6) is 0.499. The molecule has 1 rings (SSSR count). The predicted molar refractivity (Wildman–Crippen MR) is 83.2 cm³/mol. The van der Waals surface area contributed by atoms with Crippen molar-refractivity contribution < 1.29 is 4.79 Å². The van der Waals surface area contributed by atoms with Gasteiger partial charge in [0.25, 0.3) is 0 Å². The van der Waals surface area contributed by atoms with Gasteiger partial charge < -0.3 is 11.1 Å². The lowest BCUT2D eigenvalue weighted by atomic mass is 10.1. The van der Waals surface area contributed by atoms with Gasteiger partial charge in [0.2, 0.25) is 5.91 Å². The number of carbonyl (C=O) groups is 1. The molecule has 0 bridgehead atoms. The zero-order chi connectivity index (χ0) is 13.5. The Balaban J connectivity index is 2.49. The van der Waals surface area contributed by atoms with Gasteiger partial charge in [-0.3, -0.25) is 4.79 Å². The Morgan fingerprint density at radius 3 is 2.56 bits per heavy atom. The van der Waals surface area contributed by atoms with Crippen LogP contribution in [0, 0.1) is 0 Å². The second-order valence-electron chi connectivity index (χ2n) is 3.96. The van der Waals surface area contributed by atoms with Crippen molar-refractivity contribution in [2.45, 2.75) is 25.5 Å². The normalized spacial score (nSPS) is 11.9. The second-order valence-corrected chi connectivity index (χ2v) is 5.81. The number of anilines is 1. The molecule has 0 heterocycles. The predicted octanol–water partition coefficient (Wildman–Crippen LogP) is 2.60. The molecule has 18 heavy (non-hydrogen) atoms. The lowest BCUT2D eigenvalue weighted by molar-refractivity contribution is -0.115. The van der Waals surface area contributed by atoms with Crippen molar-refractivity contribution in [2.75, 3.05) is 11.1 Å². The van der Waals surface area contributed by atoms with Crippen LogP contribution in [-0.4, -0.2) is 21.9 Å². The number of carbonyl (C=O) groups excluding carboxylic acids is 1. The number of hydrogen-bond acceptors (Lipinski definition) is 3. The van der Waals surface area contributed by atoms with Gasteiger partial charge in [0.1, 0.15) is 0 Å². The van der Waals surface area contributed by atoms with Gasteiger partial charge in [0.15, 0.2) is 0 Å². The summed E-state index contributed by atoms with van der Waals surface area (Å²) in [6.07, 6.45) is 0.994. The van der Waals surface area contributed by atoms with Gasteiger partial charge in [-0.15, -0.1) is 11.8 Å². The molecule has 0 saturated heterocycles. The number of thiocarbonyl (C=S) groups is 1. The van der Waals surface area contributed by atoms with E-state index in [4.69, 9.17) is 18.0 Å². The van der Waals surface area contributed by atoms with Crippen molar-refractivity contribution in [1.29, 1.82) is 0 Å². The van der Waals surface area contributed by atoms with Crippen LogP contribution in [-0.2, 0) is 11.2 Å². The maximum absolute atomic E-state index is 11.9. The van der Waals surface area contributed by atoms with Gasteiger partial charge in [-0.05, 0) is 31.0 Å². The molecular weight excluding hydrogens is 264 g/mol. The zero-order valence-corrected chi connectivity index (χ0v) is 12.2. The molecule has 1 atom stereocenters. The van der Waals surface area contributed by atoms with E-state index in [0.29, 0.717) is 10.7 Å². The first-order chi connectivity index (χ1) is 8.52. The zero-order valence-electron chi connectivity index (χ0n) is 10.6. The molecule has 3 nitrogen and oxygen atoms in total. The number of aryl methyl sites for hydroxylation is 1.